The summed E-state index contributed by atoms with van der Waals surface area (Å²) in [5.74, 6) is -0.695. The molecule has 0 radical (unpaired) electrons. The van der Waals surface area contributed by atoms with Gasteiger partial charge in [-0.05, 0) is 18.2 Å². The van der Waals surface area contributed by atoms with Crippen LogP contribution in [0.1, 0.15) is 6.42 Å². The summed E-state index contributed by atoms with van der Waals surface area (Å²) >= 11 is 5.99. The van der Waals surface area contributed by atoms with E-state index in [0.29, 0.717) is 37.8 Å². The Kier molecular flexibility index (Phi) is 5.78. The van der Waals surface area contributed by atoms with Crippen molar-refractivity contribution < 1.29 is 19.1 Å². The van der Waals surface area contributed by atoms with E-state index in [0.717, 1.165) is 5.69 Å². The Hall–Kier alpha value is -2.12. The van der Waals surface area contributed by atoms with Crippen LogP contribution in [-0.2, 0) is 19.1 Å². The molecule has 0 spiro atoms. The van der Waals surface area contributed by atoms with E-state index >= 15 is 0 Å². The minimum atomic E-state index is -0.384. The Morgan fingerprint density at radius 3 is 2.77 bits per heavy atom. The minimum absolute atomic E-state index is 0.0219. The van der Waals surface area contributed by atoms with E-state index in [1.54, 1.807) is 40.0 Å². The maximum atomic E-state index is 12.7. The highest BCUT2D eigenvalue weighted by molar-refractivity contribution is 6.30. The number of amides is 3. The van der Waals surface area contributed by atoms with Crippen LogP contribution in [0, 0.1) is 5.92 Å². The highest BCUT2D eigenvalue weighted by atomic mass is 35.5. The van der Waals surface area contributed by atoms with E-state index in [2.05, 4.69) is 0 Å². The number of ether oxygens (including phenoxy) is 1. The number of benzene rings is 1. The quantitative estimate of drug-likeness (QED) is 0.765. The number of nitrogens with zero attached hydrogens (tertiary/aromatic N) is 3. The van der Waals surface area contributed by atoms with Gasteiger partial charge in [0.15, 0.2) is 0 Å². The lowest BCUT2D eigenvalue weighted by Crippen LogP contribution is -2.54. The van der Waals surface area contributed by atoms with Gasteiger partial charge in [-0.25, -0.2) is 0 Å². The van der Waals surface area contributed by atoms with E-state index in [1.165, 1.54) is 0 Å². The lowest BCUT2D eigenvalue weighted by Gasteiger charge is -2.35. The van der Waals surface area contributed by atoms with E-state index in [9.17, 15) is 14.4 Å². The summed E-state index contributed by atoms with van der Waals surface area (Å²) in [7, 11) is 1.58. The number of methoxy groups -OCH3 is 1. The highest BCUT2D eigenvalue weighted by Crippen LogP contribution is 2.24. The van der Waals surface area contributed by atoms with Gasteiger partial charge in [-0.2, -0.15) is 0 Å². The summed E-state index contributed by atoms with van der Waals surface area (Å²) in [4.78, 5) is 42.1. The molecule has 0 N–H and O–H groups in total. The molecule has 8 heteroatoms. The van der Waals surface area contributed by atoms with Crippen LogP contribution in [0.5, 0.6) is 0 Å². The Balaban J connectivity index is 1.59. The summed E-state index contributed by atoms with van der Waals surface area (Å²) in [5.41, 5.74) is 0.733. The zero-order valence-corrected chi connectivity index (χ0v) is 15.4. The van der Waals surface area contributed by atoms with Crippen LogP contribution in [-0.4, -0.2) is 74.0 Å². The molecular weight excluding hydrogens is 358 g/mol. The minimum Gasteiger partial charge on any atom is -0.383 e. The predicted octanol–water partition coefficient (Wildman–Crippen LogP) is 1.01. The number of carbonyl (C=O) groups excluding carboxylic acids is 3. The molecule has 0 bridgehead atoms. The van der Waals surface area contributed by atoms with Crippen molar-refractivity contribution in [3.8, 4) is 0 Å². The standard InChI is InChI=1S/C18H22ClN3O4/c1-26-8-7-20-11-13(9-16(20)23)18(25)21-5-6-22(17(24)12-21)15-4-2-3-14(19)10-15/h2-4,10,13H,5-9,11-12H2,1H3/t13-/m1/s1. The van der Waals surface area contributed by atoms with Gasteiger partial charge < -0.3 is 19.4 Å². The first kappa shape index (κ1) is 18.7. The van der Waals surface area contributed by atoms with Gasteiger partial charge in [-0.3, -0.25) is 14.4 Å². The van der Waals surface area contributed by atoms with E-state index in [1.807, 2.05) is 6.07 Å². The zero-order chi connectivity index (χ0) is 18.7. The predicted molar refractivity (Wildman–Crippen MR) is 96.9 cm³/mol. The van der Waals surface area contributed by atoms with Crippen LogP contribution >= 0.6 is 11.6 Å². The first-order chi connectivity index (χ1) is 12.5. The molecule has 0 unspecified atom stereocenters. The molecule has 1 aromatic rings. The zero-order valence-electron chi connectivity index (χ0n) is 14.7. The van der Waals surface area contributed by atoms with Gasteiger partial charge in [0.25, 0.3) is 0 Å². The number of piperazine rings is 1. The van der Waals surface area contributed by atoms with Crippen molar-refractivity contribution in [1.29, 1.82) is 0 Å². The van der Waals surface area contributed by atoms with Crippen LogP contribution in [0.2, 0.25) is 5.02 Å². The Bertz CT molecular complexity index is 711. The van der Waals surface area contributed by atoms with Gasteiger partial charge in [0.05, 0.1) is 12.5 Å². The molecule has 26 heavy (non-hydrogen) atoms. The van der Waals surface area contributed by atoms with E-state index in [4.69, 9.17) is 16.3 Å². The molecule has 3 rings (SSSR count). The number of halogens is 1. The largest absolute Gasteiger partial charge is 0.383 e. The number of anilines is 1. The summed E-state index contributed by atoms with van der Waals surface area (Å²) in [6.07, 6.45) is 0.200. The molecule has 2 fully saturated rings. The summed E-state index contributed by atoms with van der Waals surface area (Å²) in [5, 5.41) is 0.564. The van der Waals surface area contributed by atoms with E-state index in [-0.39, 0.29) is 36.6 Å². The second-order valence-electron chi connectivity index (χ2n) is 6.52. The van der Waals surface area contributed by atoms with Crippen LogP contribution in [0.15, 0.2) is 24.3 Å². The lowest BCUT2D eigenvalue weighted by molar-refractivity contribution is -0.140. The molecule has 0 aromatic heterocycles. The van der Waals surface area contributed by atoms with Crippen molar-refractivity contribution in [3.63, 3.8) is 0 Å². The molecule has 2 aliphatic rings. The van der Waals surface area contributed by atoms with Gasteiger partial charge in [-0.15, -0.1) is 0 Å². The first-order valence-electron chi connectivity index (χ1n) is 8.61. The second kappa shape index (κ2) is 8.05. The van der Waals surface area contributed by atoms with Crippen molar-refractivity contribution in [1.82, 2.24) is 9.80 Å². The molecule has 7 nitrogen and oxygen atoms in total. The highest BCUT2D eigenvalue weighted by Gasteiger charge is 2.38. The molecular formula is C18H22ClN3O4. The number of rotatable bonds is 5. The van der Waals surface area contributed by atoms with Crippen molar-refractivity contribution in [2.75, 3.05) is 51.3 Å². The number of carbonyl (C=O) groups is 3. The summed E-state index contributed by atoms with van der Waals surface area (Å²) in [6.45, 7) is 2.21. The first-order valence-corrected chi connectivity index (χ1v) is 8.99. The molecule has 1 aromatic carbocycles. The smallest absolute Gasteiger partial charge is 0.246 e. The number of likely N-dealkylation sites (tertiary alicyclic amines) is 1. The van der Waals surface area contributed by atoms with Gasteiger partial charge in [0.1, 0.15) is 6.54 Å². The second-order valence-corrected chi connectivity index (χ2v) is 6.96. The van der Waals surface area contributed by atoms with Crippen LogP contribution < -0.4 is 4.90 Å². The summed E-state index contributed by atoms with van der Waals surface area (Å²) < 4.78 is 4.99. The Labute approximate surface area is 157 Å². The molecule has 0 aliphatic carbocycles. The van der Waals surface area contributed by atoms with Crippen LogP contribution in [0.25, 0.3) is 0 Å². The molecule has 2 saturated heterocycles. The average Bonchev–Trinajstić information content (AvgIpc) is 3.00. The average molecular weight is 380 g/mol. The Morgan fingerprint density at radius 1 is 1.27 bits per heavy atom. The molecule has 2 aliphatic heterocycles. The third-order valence-corrected chi connectivity index (χ3v) is 5.02. The third kappa shape index (κ3) is 3.99. The van der Waals surface area contributed by atoms with E-state index < -0.39 is 0 Å². The fourth-order valence-corrected chi connectivity index (χ4v) is 3.58. The normalized spacial score (nSPS) is 20.8. The monoisotopic (exact) mass is 379 g/mol. The number of hydrogen-bond donors (Lipinski definition) is 0. The molecule has 140 valence electrons. The number of hydrogen-bond acceptors (Lipinski definition) is 4. The fraction of sp³-hybridized carbons (Fsp3) is 0.500. The molecule has 3 amide bonds. The lowest BCUT2D eigenvalue weighted by atomic mass is 10.1. The SMILES string of the molecule is COCCN1C[C@H](C(=O)N2CCN(c3cccc(Cl)c3)C(=O)C2)CC1=O. The van der Waals surface area contributed by atoms with Gasteiger partial charge in [0.2, 0.25) is 17.7 Å². The van der Waals surface area contributed by atoms with Crippen LogP contribution in [0.3, 0.4) is 0 Å². The molecule has 1 atom stereocenters. The fourth-order valence-electron chi connectivity index (χ4n) is 3.39. The molecule has 2 heterocycles. The van der Waals surface area contributed by atoms with Crippen molar-refractivity contribution in [3.05, 3.63) is 29.3 Å². The van der Waals surface area contributed by atoms with Crippen molar-refractivity contribution in [2.45, 2.75) is 6.42 Å². The third-order valence-electron chi connectivity index (χ3n) is 4.78. The van der Waals surface area contributed by atoms with Crippen LogP contribution in [0.4, 0.5) is 5.69 Å². The maximum absolute atomic E-state index is 12.7. The summed E-state index contributed by atoms with van der Waals surface area (Å²) in [6, 6.07) is 7.10. The van der Waals surface area contributed by atoms with Gasteiger partial charge in [-0.1, -0.05) is 17.7 Å². The van der Waals surface area contributed by atoms with Crippen molar-refractivity contribution >= 4 is 35.0 Å². The topological polar surface area (TPSA) is 70.2 Å². The van der Waals surface area contributed by atoms with Crippen molar-refractivity contribution in [2.24, 2.45) is 5.92 Å². The van der Waals surface area contributed by atoms with Gasteiger partial charge >= 0.3 is 0 Å². The maximum Gasteiger partial charge on any atom is 0.246 e. The Morgan fingerprint density at radius 2 is 2.08 bits per heavy atom. The molecule has 0 saturated carbocycles. The van der Waals surface area contributed by atoms with Gasteiger partial charge in [0, 0.05) is 50.4 Å².